The van der Waals surface area contributed by atoms with Crippen LogP contribution in [0.1, 0.15) is 23.2 Å². The Bertz CT molecular complexity index is 680. The maximum atomic E-state index is 13.5. The quantitative estimate of drug-likeness (QED) is 0.678. The smallest absolute Gasteiger partial charge is 0.255 e. The van der Waals surface area contributed by atoms with E-state index in [4.69, 9.17) is 4.74 Å². The van der Waals surface area contributed by atoms with Crippen molar-refractivity contribution >= 4 is 31.7 Å². The molecule has 0 N–H and O–H groups in total. The second-order valence-electron chi connectivity index (χ2n) is 5.53. The fourth-order valence-corrected chi connectivity index (χ4v) is 4.81. The molecule has 1 heterocycles. The van der Waals surface area contributed by atoms with Crippen molar-refractivity contribution in [3.05, 3.63) is 34.1 Å². The van der Waals surface area contributed by atoms with Gasteiger partial charge in [-0.3, -0.25) is 4.79 Å². The summed E-state index contributed by atoms with van der Waals surface area (Å²) in [6.45, 7) is 0.837. The molecule has 1 aliphatic rings. The van der Waals surface area contributed by atoms with Crippen LogP contribution in [0, 0.1) is 5.82 Å². The summed E-state index contributed by atoms with van der Waals surface area (Å²) in [4.78, 5) is 14.3. The van der Waals surface area contributed by atoms with Crippen LogP contribution in [0.25, 0.3) is 0 Å². The number of amides is 1. The van der Waals surface area contributed by atoms with Gasteiger partial charge in [-0.25, -0.2) is 12.8 Å². The molecule has 2 rings (SSSR count). The minimum Gasteiger partial charge on any atom is -0.385 e. The molecule has 128 valence electrons. The molecule has 0 saturated carbocycles. The first-order valence-electron chi connectivity index (χ1n) is 7.29. The van der Waals surface area contributed by atoms with Gasteiger partial charge in [0.25, 0.3) is 5.91 Å². The lowest BCUT2D eigenvalue weighted by molar-refractivity contribution is 0.0673. The largest absolute Gasteiger partial charge is 0.385 e. The Kier molecular flexibility index (Phi) is 6.16. The van der Waals surface area contributed by atoms with Crippen molar-refractivity contribution in [3.63, 3.8) is 0 Å². The Morgan fingerprint density at radius 3 is 2.83 bits per heavy atom. The number of methoxy groups -OCH3 is 1. The van der Waals surface area contributed by atoms with Crippen molar-refractivity contribution in [2.75, 3.05) is 31.8 Å². The zero-order valence-electron chi connectivity index (χ0n) is 12.8. The molecule has 1 unspecified atom stereocenters. The lowest BCUT2D eigenvalue weighted by Gasteiger charge is -2.28. The molecule has 0 bridgehead atoms. The predicted octanol–water partition coefficient (Wildman–Crippen LogP) is 2.25. The number of halogens is 2. The van der Waals surface area contributed by atoms with Crippen molar-refractivity contribution in [3.8, 4) is 0 Å². The van der Waals surface area contributed by atoms with E-state index in [1.165, 1.54) is 23.1 Å². The van der Waals surface area contributed by atoms with Crippen LogP contribution in [0.15, 0.2) is 22.7 Å². The number of rotatable bonds is 6. The van der Waals surface area contributed by atoms with Gasteiger partial charge in [-0.2, -0.15) is 0 Å². The van der Waals surface area contributed by atoms with E-state index >= 15 is 0 Å². The first kappa shape index (κ1) is 18.4. The summed E-state index contributed by atoms with van der Waals surface area (Å²) in [6, 6.07) is 3.52. The average Bonchev–Trinajstić information content (AvgIpc) is 2.85. The van der Waals surface area contributed by atoms with Gasteiger partial charge in [-0.05, 0) is 47.0 Å². The van der Waals surface area contributed by atoms with Crippen LogP contribution in [-0.2, 0) is 14.6 Å². The van der Waals surface area contributed by atoms with E-state index in [2.05, 4.69) is 15.9 Å². The van der Waals surface area contributed by atoms with Crippen LogP contribution in [-0.4, -0.2) is 57.0 Å². The SMILES string of the molecule is COCCCN(C(=O)c1cc(F)ccc1Br)C1CCS(=O)(=O)C1. The summed E-state index contributed by atoms with van der Waals surface area (Å²) >= 11 is 3.26. The third-order valence-electron chi connectivity index (χ3n) is 3.82. The van der Waals surface area contributed by atoms with Gasteiger partial charge in [0.15, 0.2) is 9.84 Å². The van der Waals surface area contributed by atoms with E-state index in [0.29, 0.717) is 30.5 Å². The third-order valence-corrected chi connectivity index (χ3v) is 6.26. The summed E-state index contributed by atoms with van der Waals surface area (Å²) in [7, 11) is -1.55. The van der Waals surface area contributed by atoms with Crippen LogP contribution < -0.4 is 0 Å². The van der Waals surface area contributed by atoms with E-state index in [1.54, 1.807) is 7.11 Å². The minimum absolute atomic E-state index is 0.0430. The second-order valence-corrected chi connectivity index (χ2v) is 8.61. The molecule has 1 aromatic carbocycles. The molecular formula is C15H19BrFNO4S. The summed E-state index contributed by atoms with van der Waals surface area (Å²) in [5.74, 6) is -0.837. The normalized spacial score (nSPS) is 19.7. The van der Waals surface area contributed by atoms with Crippen LogP contribution in [0.2, 0.25) is 0 Å². The van der Waals surface area contributed by atoms with Gasteiger partial charge < -0.3 is 9.64 Å². The van der Waals surface area contributed by atoms with Crippen molar-refractivity contribution in [2.24, 2.45) is 0 Å². The number of carbonyl (C=O) groups excluding carboxylic acids is 1. The molecule has 0 spiro atoms. The Balaban J connectivity index is 2.25. The highest BCUT2D eigenvalue weighted by molar-refractivity contribution is 9.10. The minimum atomic E-state index is -3.12. The van der Waals surface area contributed by atoms with E-state index in [1.807, 2.05) is 0 Å². The Morgan fingerprint density at radius 2 is 2.22 bits per heavy atom. The number of hydrogen-bond donors (Lipinski definition) is 0. The maximum absolute atomic E-state index is 13.5. The molecule has 0 aliphatic carbocycles. The van der Waals surface area contributed by atoms with Crippen molar-refractivity contribution in [1.82, 2.24) is 4.90 Å². The zero-order valence-corrected chi connectivity index (χ0v) is 15.2. The number of carbonyl (C=O) groups is 1. The highest BCUT2D eigenvalue weighted by atomic mass is 79.9. The number of benzene rings is 1. The van der Waals surface area contributed by atoms with Gasteiger partial charge in [0.1, 0.15) is 5.82 Å². The molecule has 0 aromatic heterocycles. The van der Waals surface area contributed by atoms with Crippen LogP contribution in [0.5, 0.6) is 0 Å². The zero-order chi connectivity index (χ0) is 17.0. The van der Waals surface area contributed by atoms with Crippen LogP contribution in [0.3, 0.4) is 0 Å². The Hall–Kier alpha value is -0.990. The Morgan fingerprint density at radius 1 is 1.48 bits per heavy atom. The first-order chi connectivity index (χ1) is 10.8. The van der Waals surface area contributed by atoms with Gasteiger partial charge >= 0.3 is 0 Å². The summed E-state index contributed by atoms with van der Waals surface area (Å²) in [5, 5.41) is 0. The highest BCUT2D eigenvalue weighted by Crippen LogP contribution is 2.24. The monoisotopic (exact) mass is 407 g/mol. The molecule has 1 saturated heterocycles. The topological polar surface area (TPSA) is 63.7 Å². The summed E-state index contributed by atoms with van der Waals surface area (Å²) < 4.78 is 42.4. The van der Waals surface area contributed by atoms with E-state index in [-0.39, 0.29) is 29.0 Å². The highest BCUT2D eigenvalue weighted by Gasteiger charge is 2.35. The number of sulfone groups is 1. The van der Waals surface area contributed by atoms with Crippen molar-refractivity contribution < 1.29 is 22.3 Å². The standard InChI is InChI=1S/C15H19BrFNO4S/c1-22-7-2-6-18(12-5-8-23(20,21)10-12)15(19)13-9-11(17)3-4-14(13)16/h3-4,9,12H,2,5-8,10H2,1H3. The van der Waals surface area contributed by atoms with Gasteiger partial charge in [-0.1, -0.05) is 0 Å². The molecule has 23 heavy (non-hydrogen) atoms. The van der Waals surface area contributed by atoms with Crippen molar-refractivity contribution in [1.29, 1.82) is 0 Å². The molecule has 5 nitrogen and oxygen atoms in total. The van der Waals surface area contributed by atoms with Gasteiger partial charge in [-0.15, -0.1) is 0 Å². The molecular weight excluding hydrogens is 389 g/mol. The predicted molar refractivity (Wildman–Crippen MR) is 88.7 cm³/mol. The summed E-state index contributed by atoms with van der Waals surface area (Å²) in [6.07, 6.45) is 1.000. The van der Waals surface area contributed by atoms with Crippen LogP contribution in [0.4, 0.5) is 4.39 Å². The van der Waals surface area contributed by atoms with E-state index < -0.39 is 15.7 Å². The fraction of sp³-hybridized carbons (Fsp3) is 0.533. The second kappa shape index (κ2) is 7.72. The summed E-state index contributed by atoms with van der Waals surface area (Å²) in [5.41, 5.74) is 0.201. The Labute approximate surface area is 143 Å². The lowest BCUT2D eigenvalue weighted by atomic mass is 10.1. The lowest BCUT2D eigenvalue weighted by Crippen LogP contribution is -2.42. The molecule has 1 amide bonds. The van der Waals surface area contributed by atoms with Crippen LogP contribution >= 0.6 is 15.9 Å². The first-order valence-corrected chi connectivity index (χ1v) is 9.91. The molecule has 1 atom stereocenters. The molecule has 0 radical (unpaired) electrons. The van der Waals surface area contributed by atoms with Gasteiger partial charge in [0, 0.05) is 30.8 Å². The van der Waals surface area contributed by atoms with Crippen molar-refractivity contribution in [2.45, 2.75) is 18.9 Å². The molecule has 8 heteroatoms. The number of ether oxygens (including phenoxy) is 1. The third kappa shape index (κ3) is 4.74. The number of nitrogens with zero attached hydrogens (tertiary/aromatic N) is 1. The van der Waals surface area contributed by atoms with E-state index in [0.717, 1.165) is 0 Å². The molecule has 1 aliphatic heterocycles. The fourth-order valence-electron chi connectivity index (χ4n) is 2.67. The van der Waals surface area contributed by atoms with Gasteiger partial charge in [0.05, 0.1) is 17.1 Å². The molecule has 1 aromatic rings. The molecule has 1 fully saturated rings. The van der Waals surface area contributed by atoms with Gasteiger partial charge in [0.2, 0.25) is 0 Å². The van der Waals surface area contributed by atoms with E-state index in [9.17, 15) is 17.6 Å². The number of hydrogen-bond acceptors (Lipinski definition) is 4. The maximum Gasteiger partial charge on any atom is 0.255 e. The average molecular weight is 408 g/mol.